The number of aliphatic hydroxyl groups is 1. The maximum atomic E-state index is 9.35. The van der Waals surface area contributed by atoms with Gasteiger partial charge in [-0.1, -0.05) is 6.92 Å². The first-order valence-corrected chi connectivity index (χ1v) is 7.44. The van der Waals surface area contributed by atoms with E-state index >= 15 is 0 Å². The summed E-state index contributed by atoms with van der Waals surface area (Å²) in [7, 11) is 0. The largest absolute Gasteiger partial charge is 0.493 e. The molecule has 0 aromatic heterocycles. The molecule has 1 aliphatic heterocycles. The van der Waals surface area contributed by atoms with Gasteiger partial charge in [0.05, 0.1) is 25.9 Å². The molecule has 0 spiro atoms. The van der Waals surface area contributed by atoms with Crippen LogP contribution in [0.5, 0.6) is 11.5 Å². The Balaban J connectivity index is 1.89. The minimum Gasteiger partial charge on any atom is -0.493 e. The van der Waals surface area contributed by atoms with Crippen LogP contribution in [-0.2, 0) is 11.3 Å². The molecular formula is C16H24O4. The van der Waals surface area contributed by atoms with Crippen molar-refractivity contribution in [2.75, 3.05) is 19.8 Å². The number of benzene rings is 1. The summed E-state index contributed by atoms with van der Waals surface area (Å²) < 4.78 is 16.9. The molecule has 20 heavy (non-hydrogen) atoms. The fraction of sp³-hybridized carbons (Fsp3) is 0.625. The Hall–Kier alpha value is -1.26. The van der Waals surface area contributed by atoms with Crippen molar-refractivity contribution in [3.05, 3.63) is 23.8 Å². The zero-order valence-electron chi connectivity index (χ0n) is 12.1. The molecule has 0 amide bonds. The van der Waals surface area contributed by atoms with E-state index in [1.54, 1.807) is 0 Å². The Morgan fingerprint density at radius 3 is 2.90 bits per heavy atom. The molecule has 1 aromatic carbocycles. The van der Waals surface area contributed by atoms with Crippen molar-refractivity contribution in [1.29, 1.82) is 0 Å². The van der Waals surface area contributed by atoms with Crippen molar-refractivity contribution in [3.8, 4) is 11.5 Å². The third-order valence-corrected chi connectivity index (χ3v) is 3.40. The number of rotatable bonds is 8. The number of hydrogen-bond acceptors (Lipinski definition) is 4. The third kappa shape index (κ3) is 4.39. The van der Waals surface area contributed by atoms with Crippen LogP contribution in [0.15, 0.2) is 18.2 Å². The van der Waals surface area contributed by atoms with Crippen LogP contribution in [0.3, 0.4) is 0 Å². The first-order chi connectivity index (χ1) is 9.83. The minimum atomic E-state index is -0.0245. The fourth-order valence-corrected chi connectivity index (χ4v) is 2.28. The van der Waals surface area contributed by atoms with E-state index in [0.29, 0.717) is 25.1 Å². The van der Waals surface area contributed by atoms with E-state index in [4.69, 9.17) is 14.2 Å². The lowest BCUT2D eigenvalue weighted by molar-refractivity contribution is 0.0899. The Kier molecular flexibility index (Phi) is 6.15. The van der Waals surface area contributed by atoms with Crippen molar-refractivity contribution in [2.24, 2.45) is 0 Å². The molecule has 112 valence electrons. The summed E-state index contributed by atoms with van der Waals surface area (Å²) in [6.45, 7) is 4.21. The zero-order chi connectivity index (χ0) is 14.2. The maximum absolute atomic E-state index is 9.35. The Morgan fingerprint density at radius 1 is 1.30 bits per heavy atom. The molecule has 1 heterocycles. The van der Waals surface area contributed by atoms with Crippen LogP contribution in [0.25, 0.3) is 0 Å². The predicted octanol–water partition coefficient (Wildman–Crippen LogP) is 2.92. The summed E-state index contributed by atoms with van der Waals surface area (Å²) in [4.78, 5) is 0. The van der Waals surface area contributed by atoms with Gasteiger partial charge >= 0.3 is 0 Å². The minimum absolute atomic E-state index is 0.0245. The van der Waals surface area contributed by atoms with Crippen LogP contribution in [-0.4, -0.2) is 31.0 Å². The summed E-state index contributed by atoms with van der Waals surface area (Å²) in [5, 5.41) is 9.35. The molecule has 0 aliphatic carbocycles. The molecule has 1 N–H and O–H groups in total. The Bertz CT molecular complexity index is 399. The molecule has 0 radical (unpaired) electrons. The lowest BCUT2D eigenvalue weighted by Crippen LogP contribution is -2.11. The van der Waals surface area contributed by atoms with Crippen molar-refractivity contribution < 1.29 is 19.3 Å². The summed E-state index contributed by atoms with van der Waals surface area (Å²) in [5.74, 6) is 1.50. The molecule has 1 aromatic rings. The van der Waals surface area contributed by atoms with Gasteiger partial charge in [-0.2, -0.15) is 0 Å². The van der Waals surface area contributed by atoms with Crippen LogP contribution in [0.2, 0.25) is 0 Å². The van der Waals surface area contributed by atoms with E-state index in [2.05, 4.69) is 6.92 Å². The van der Waals surface area contributed by atoms with Gasteiger partial charge in [0.25, 0.3) is 0 Å². The molecule has 1 saturated heterocycles. The van der Waals surface area contributed by atoms with Crippen molar-refractivity contribution in [1.82, 2.24) is 0 Å². The van der Waals surface area contributed by atoms with Gasteiger partial charge in [0.1, 0.15) is 11.5 Å². The molecule has 1 fully saturated rings. The molecule has 1 unspecified atom stereocenters. The summed E-state index contributed by atoms with van der Waals surface area (Å²) >= 11 is 0. The van der Waals surface area contributed by atoms with Crippen LogP contribution >= 0.6 is 0 Å². The second-order valence-electron chi connectivity index (χ2n) is 5.05. The lowest BCUT2D eigenvalue weighted by Gasteiger charge is -2.14. The Morgan fingerprint density at radius 2 is 2.20 bits per heavy atom. The molecule has 0 saturated carbocycles. The number of ether oxygens (including phenoxy) is 3. The normalized spacial score (nSPS) is 18.2. The summed E-state index contributed by atoms with van der Waals surface area (Å²) in [6, 6.07) is 5.58. The average Bonchev–Trinajstić information content (AvgIpc) is 2.98. The molecule has 2 rings (SSSR count). The first-order valence-electron chi connectivity index (χ1n) is 7.44. The summed E-state index contributed by atoms with van der Waals surface area (Å²) in [6.07, 6.45) is 4.46. The van der Waals surface area contributed by atoms with Crippen molar-refractivity contribution >= 4 is 0 Å². The quantitative estimate of drug-likeness (QED) is 0.795. The SMILES string of the molecule is CCCOc1ccc(CO)c(OCCC2CCCO2)c1. The van der Waals surface area contributed by atoms with E-state index in [9.17, 15) is 5.11 Å². The van der Waals surface area contributed by atoms with Gasteiger partial charge < -0.3 is 19.3 Å². The van der Waals surface area contributed by atoms with Gasteiger partial charge in [-0.25, -0.2) is 0 Å². The monoisotopic (exact) mass is 280 g/mol. The average molecular weight is 280 g/mol. The highest BCUT2D eigenvalue weighted by Gasteiger charge is 2.15. The molecule has 0 bridgehead atoms. The maximum Gasteiger partial charge on any atom is 0.128 e. The molecular weight excluding hydrogens is 256 g/mol. The summed E-state index contributed by atoms with van der Waals surface area (Å²) in [5.41, 5.74) is 0.793. The van der Waals surface area contributed by atoms with E-state index in [1.165, 1.54) is 0 Å². The lowest BCUT2D eigenvalue weighted by atomic mass is 10.2. The second-order valence-corrected chi connectivity index (χ2v) is 5.05. The highest BCUT2D eigenvalue weighted by Crippen LogP contribution is 2.26. The van der Waals surface area contributed by atoms with Crippen molar-refractivity contribution in [2.45, 2.75) is 45.3 Å². The van der Waals surface area contributed by atoms with Gasteiger partial charge in [0.15, 0.2) is 0 Å². The van der Waals surface area contributed by atoms with E-state index in [0.717, 1.165) is 43.6 Å². The van der Waals surface area contributed by atoms with Gasteiger partial charge in [-0.15, -0.1) is 0 Å². The van der Waals surface area contributed by atoms with Gasteiger partial charge in [0.2, 0.25) is 0 Å². The standard InChI is InChI=1S/C16H24O4/c1-2-8-18-15-6-5-13(12-17)16(11-15)20-10-7-14-4-3-9-19-14/h5-6,11,14,17H,2-4,7-10,12H2,1H3. The molecule has 4 heteroatoms. The topological polar surface area (TPSA) is 47.9 Å². The van der Waals surface area contributed by atoms with Gasteiger partial charge in [-0.3, -0.25) is 0 Å². The van der Waals surface area contributed by atoms with Crippen LogP contribution in [0, 0.1) is 0 Å². The molecule has 1 atom stereocenters. The highest BCUT2D eigenvalue weighted by atomic mass is 16.5. The highest BCUT2D eigenvalue weighted by molar-refractivity contribution is 5.40. The smallest absolute Gasteiger partial charge is 0.128 e. The van der Waals surface area contributed by atoms with Crippen LogP contribution < -0.4 is 9.47 Å². The van der Waals surface area contributed by atoms with Crippen LogP contribution in [0.1, 0.15) is 38.2 Å². The second kappa shape index (κ2) is 8.12. The van der Waals surface area contributed by atoms with Gasteiger partial charge in [-0.05, 0) is 31.4 Å². The fourth-order valence-electron chi connectivity index (χ4n) is 2.28. The van der Waals surface area contributed by atoms with Crippen molar-refractivity contribution in [3.63, 3.8) is 0 Å². The number of aliphatic hydroxyl groups excluding tert-OH is 1. The van der Waals surface area contributed by atoms with E-state index in [1.807, 2.05) is 18.2 Å². The zero-order valence-corrected chi connectivity index (χ0v) is 12.1. The Labute approximate surface area is 120 Å². The van der Waals surface area contributed by atoms with Gasteiger partial charge in [0, 0.05) is 24.7 Å². The van der Waals surface area contributed by atoms with E-state index < -0.39 is 0 Å². The number of hydrogen-bond donors (Lipinski definition) is 1. The third-order valence-electron chi connectivity index (χ3n) is 3.40. The van der Waals surface area contributed by atoms with E-state index in [-0.39, 0.29) is 6.61 Å². The predicted molar refractivity (Wildman–Crippen MR) is 77.2 cm³/mol. The molecule has 1 aliphatic rings. The first kappa shape index (κ1) is 15.1. The molecule has 4 nitrogen and oxygen atoms in total. The van der Waals surface area contributed by atoms with Crippen LogP contribution in [0.4, 0.5) is 0 Å².